The van der Waals surface area contributed by atoms with E-state index in [4.69, 9.17) is 5.73 Å². The lowest BCUT2D eigenvalue weighted by Gasteiger charge is -2.10. The number of urea groups is 1. The van der Waals surface area contributed by atoms with Crippen molar-refractivity contribution in [2.45, 2.75) is 6.42 Å². The molecule has 0 spiro atoms. The summed E-state index contributed by atoms with van der Waals surface area (Å²) in [7, 11) is 0. The van der Waals surface area contributed by atoms with E-state index in [-0.39, 0.29) is 5.82 Å². The Morgan fingerprint density at radius 1 is 0.966 bits per heavy atom. The van der Waals surface area contributed by atoms with Crippen molar-refractivity contribution in [2.24, 2.45) is 4.99 Å². The van der Waals surface area contributed by atoms with Crippen molar-refractivity contribution in [2.75, 3.05) is 16.4 Å². The molecule has 29 heavy (non-hydrogen) atoms. The third-order valence-electron chi connectivity index (χ3n) is 4.40. The summed E-state index contributed by atoms with van der Waals surface area (Å²) in [5.41, 5.74) is 10.5. The highest BCUT2D eigenvalue weighted by Crippen LogP contribution is 2.25. The summed E-state index contributed by atoms with van der Waals surface area (Å²) in [5.74, 6) is 0.0422. The molecule has 0 unspecified atom stereocenters. The number of hydrogen-bond donors (Lipinski definition) is 3. The number of hydrogen-bond acceptors (Lipinski definition) is 5. The Balaban J connectivity index is 1.44. The van der Waals surface area contributed by atoms with Crippen LogP contribution in [-0.2, 0) is 6.42 Å². The molecule has 1 aliphatic rings. The maximum Gasteiger partial charge on any atom is 0.323 e. The first kappa shape index (κ1) is 18.3. The number of halogens is 1. The van der Waals surface area contributed by atoms with E-state index in [1.165, 1.54) is 30.6 Å². The fourth-order valence-corrected chi connectivity index (χ4v) is 2.93. The Morgan fingerprint density at radius 2 is 1.62 bits per heavy atom. The van der Waals surface area contributed by atoms with Gasteiger partial charge >= 0.3 is 6.03 Å². The van der Waals surface area contributed by atoms with Gasteiger partial charge in [-0.05, 0) is 47.5 Å². The van der Waals surface area contributed by atoms with Gasteiger partial charge in [-0.1, -0.05) is 12.1 Å². The predicted octanol–water partition coefficient (Wildman–Crippen LogP) is 3.86. The number of nitrogens with two attached hydrogens (primary N) is 1. The van der Waals surface area contributed by atoms with Gasteiger partial charge < -0.3 is 16.4 Å². The average Bonchev–Trinajstić information content (AvgIpc) is 2.94. The number of nitrogens with zero attached hydrogens (tertiary/aromatic N) is 3. The number of carbonyl (C=O) groups is 1. The van der Waals surface area contributed by atoms with Gasteiger partial charge in [0.2, 0.25) is 0 Å². The molecule has 2 aromatic carbocycles. The Morgan fingerprint density at radius 3 is 2.31 bits per heavy atom. The monoisotopic (exact) mass is 388 g/mol. The van der Waals surface area contributed by atoms with Crippen LogP contribution < -0.4 is 16.4 Å². The lowest BCUT2D eigenvalue weighted by atomic mass is 10.0. The van der Waals surface area contributed by atoms with Gasteiger partial charge in [-0.25, -0.2) is 19.2 Å². The summed E-state index contributed by atoms with van der Waals surface area (Å²) >= 11 is 0. The molecule has 1 aromatic heterocycles. The molecule has 8 heteroatoms. The van der Waals surface area contributed by atoms with E-state index < -0.39 is 6.03 Å². The molecule has 0 atom stereocenters. The van der Waals surface area contributed by atoms with E-state index in [0.29, 0.717) is 23.6 Å². The average molecular weight is 388 g/mol. The number of nitrogens with one attached hydrogen (secondary N) is 2. The van der Waals surface area contributed by atoms with Crippen LogP contribution in [0.5, 0.6) is 0 Å². The van der Waals surface area contributed by atoms with Gasteiger partial charge in [-0.15, -0.1) is 0 Å². The normalized spacial score (nSPS) is 12.5. The first-order chi connectivity index (χ1) is 14.1. The highest BCUT2D eigenvalue weighted by atomic mass is 19.1. The summed E-state index contributed by atoms with van der Waals surface area (Å²) in [4.78, 5) is 24.7. The van der Waals surface area contributed by atoms with Crippen molar-refractivity contribution in [3.05, 3.63) is 83.7 Å². The van der Waals surface area contributed by atoms with Crippen molar-refractivity contribution in [3.8, 4) is 0 Å². The standard InChI is InChI=1S/C21H17FN6O/c22-15-3-7-17(8-4-15)28-21(29)27-16-5-1-13(2-6-16)14-9-19-18(11-24-10-14)20(23)26-12-25-19/h1-8,10-12H,9H2,(H2,23,25,26)(H2,27,28,29). The molecule has 4 rings (SSSR count). The lowest BCUT2D eigenvalue weighted by molar-refractivity contribution is 0.262. The third-order valence-corrected chi connectivity index (χ3v) is 4.40. The number of allylic oxidation sites excluding steroid dienone is 1. The Kier molecular flexibility index (Phi) is 4.98. The minimum Gasteiger partial charge on any atom is -0.383 e. The van der Waals surface area contributed by atoms with Crippen molar-refractivity contribution in [3.63, 3.8) is 0 Å². The molecule has 0 saturated carbocycles. The van der Waals surface area contributed by atoms with Gasteiger partial charge in [-0.3, -0.25) is 4.99 Å². The summed E-state index contributed by atoms with van der Waals surface area (Å²) in [5, 5.41) is 5.39. The fourth-order valence-electron chi connectivity index (χ4n) is 2.93. The largest absolute Gasteiger partial charge is 0.383 e. The summed E-state index contributed by atoms with van der Waals surface area (Å²) in [6.07, 6.45) is 5.44. The molecule has 2 heterocycles. The van der Waals surface area contributed by atoms with E-state index >= 15 is 0 Å². The van der Waals surface area contributed by atoms with Crippen LogP contribution in [0.3, 0.4) is 0 Å². The first-order valence-electron chi connectivity index (χ1n) is 8.84. The van der Waals surface area contributed by atoms with Crippen LogP contribution in [0.2, 0.25) is 0 Å². The quantitative estimate of drug-likeness (QED) is 0.633. The molecule has 0 aliphatic carbocycles. The maximum absolute atomic E-state index is 12.9. The Labute approximate surface area is 166 Å². The fraction of sp³-hybridized carbons (Fsp3) is 0.0476. The zero-order chi connectivity index (χ0) is 20.2. The molecule has 4 N–H and O–H groups in total. The van der Waals surface area contributed by atoms with Crippen LogP contribution in [0, 0.1) is 5.82 Å². The Bertz CT molecular complexity index is 1110. The number of amides is 2. The molecular formula is C21H17FN6O. The van der Waals surface area contributed by atoms with E-state index in [9.17, 15) is 9.18 Å². The lowest BCUT2D eigenvalue weighted by Crippen LogP contribution is -2.19. The van der Waals surface area contributed by atoms with Crippen molar-refractivity contribution < 1.29 is 9.18 Å². The van der Waals surface area contributed by atoms with E-state index in [0.717, 1.165) is 22.4 Å². The van der Waals surface area contributed by atoms with Gasteiger partial charge in [0.05, 0.1) is 11.3 Å². The molecule has 0 saturated heterocycles. The van der Waals surface area contributed by atoms with Crippen molar-refractivity contribution >= 4 is 35.0 Å². The van der Waals surface area contributed by atoms with E-state index in [1.807, 2.05) is 12.1 Å². The van der Waals surface area contributed by atoms with Crippen LogP contribution in [0.1, 0.15) is 16.8 Å². The van der Waals surface area contributed by atoms with Gasteiger partial charge in [-0.2, -0.15) is 0 Å². The number of benzene rings is 2. The first-order valence-corrected chi connectivity index (χ1v) is 8.84. The second-order valence-corrected chi connectivity index (χ2v) is 6.39. The molecule has 2 amide bonds. The van der Waals surface area contributed by atoms with E-state index in [1.54, 1.807) is 24.5 Å². The second kappa shape index (κ2) is 7.89. The second-order valence-electron chi connectivity index (χ2n) is 6.39. The number of nitrogen functional groups attached to an aromatic ring is 1. The molecule has 1 aliphatic heterocycles. The molecule has 3 aromatic rings. The van der Waals surface area contributed by atoms with Gasteiger partial charge in [0.25, 0.3) is 0 Å². The van der Waals surface area contributed by atoms with Gasteiger partial charge in [0, 0.05) is 30.2 Å². The number of aromatic nitrogens is 2. The molecule has 0 radical (unpaired) electrons. The predicted molar refractivity (Wildman–Crippen MR) is 111 cm³/mol. The van der Waals surface area contributed by atoms with Crippen LogP contribution >= 0.6 is 0 Å². The topological polar surface area (TPSA) is 105 Å². The van der Waals surface area contributed by atoms with Gasteiger partial charge in [0.15, 0.2) is 0 Å². The number of anilines is 3. The van der Waals surface area contributed by atoms with E-state index in [2.05, 4.69) is 25.6 Å². The minimum atomic E-state index is -0.413. The zero-order valence-corrected chi connectivity index (χ0v) is 15.3. The number of fused-ring (bicyclic) bond motifs is 1. The van der Waals surface area contributed by atoms with Gasteiger partial charge in [0.1, 0.15) is 18.0 Å². The summed E-state index contributed by atoms with van der Waals surface area (Å²) in [6, 6.07) is 12.5. The van der Waals surface area contributed by atoms with Crippen LogP contribution in [0.4, 0.5) is 26.4 Å². The Hall–Kier alpha value is -4.07. The molecule has 0 fully saturated rings. The van der Waals surface area contributed by atoms with Crippen molar-refractivity contribution in [1.29, 1.82) is 0 Å². The molecular weight excluding hydrogens is 371 g/mol. The highest BCUT2D eigenvalue weighted by molar-refractivity contribution is 5.99. The number of carbonyl (C=O) groups excluding carboxylic acids is 1. The molecule has 7 nitrogen and oxygen atoms in total. The smallest absolute Gasteiger partial charge is 0.323 e. The summed E-state index contributed by atoms with van der Waals surface area (Å²) < 4.78 is 12.9. The SMILES string of the molecule is Nc1ncnc2c1C=NC=C(c1ccc(NC(=O)Nc3ccc(F)cc3)cc1)C2. The zero-order valence-electron chi connectivity index (χ0n) is 15.3. The highest BCUT2D eigenvalue weighted by Gasteiger charge is 2.13. The molecule has 0 bridgehead atoms. The number of rotatable bonds is 3. The van der Waals surface area contributed by atoms with Crippen LogP contribution in [-0.4, -0.2) is 22.2 Å². The van der Waals surface area contributed by atoms with Crippen molar-refractivity contribution in [1.82, 2.24) is 9.97 Å². The van der Waals surface area contributed by atoms with Crippen LogP contribution in [0.15, 0.2) is 66.1 Å². The summed E-state index contributed by atoms with van der Waals surface area (Å²) in [6.45, 7) is 0. The third kappa shape index (κ3) is 4.27. The molecule has 144 valence electrons. The minimum absolute atomic E-state index is 0.361. The maximum atomic E-state index is 12.9. The number of aliphatic imine (C=N–C) groups is 1. The van der Waals surface area contributed by atoms with Crippen LogP contribution in [0.25, 0.3) is 5.57 Å².